The van der Waals surface area contributed by atoms with Crippen LogP contribution in [-0.4, -0.2) is 6.71 Å². The second kappa shape index (κ2) is 9.25. The van der Waals surface area contributed by atoms with Gasteiger partial charge in [0.15, 0.2) is 0 Å². The molecule has 0 unspecified atom stereocenters. The Morgan fingerprint density at radius 2 is 0.787 bits per heavy atom. The third-order valence-corrected chi connectivity index (χ3v) is 10.3. The van der Waals surface area contributed by atoms with E-state index < -0.39 is 0 Å². The van der Waals surface area contributed by atoms with Gasteiger partial charge in [-0.3, -0.25) is 0 Å². The lowest BCUT2D eigenvalue weighted by atomic mass is 9.35. The smallest absolute Gasteiger partial charge is 0.260 e. The van der Waals surface area contributed by atoms with Crippen LogP contribution in [0.1, 0.15) is 0 Å². The number of hydrogen-bond acceptors (Lipinski definition) is 2. The highest BCUT2D eigenvalue weighted by Crippen LogP contribution is 2.45. The van der Waals surface area contributed by atoms with Gasteiger partial charge in [0.25, 0.3) is 6.71 Å². The number of hydrogen-bond donors (Lipinski definition) is 0. The monoisotopic (exact) mass is 596 g/mol. The summed E-state index contributed by atoms with van der Waals surface area (Å²) in [6, 6.07) is 54.8. The number of fused-ring (bicyclic) bond motifs is 15. The van der Waals surface area contributed by atoms with Gasteiger partial charge in [-0.25, -0.2) is 0 Å². The Kier molecular flexibility index (Phi) is 4.95. The maximum absolute atomic E-state index is 6.50. The summed E-state index contributed by atoms with van der Waals surface area (Å²) in [6.45, 7) is 0.0414. The molecule has 0 saturated carbocycles. The number of benzene rings is 9. The molecule has 0 aliphatic carbocycles. The highest BCUT2D eigenvalue weighted by molar-refractivity contribution is 6.98. The molecule has 0 amide bonds. The van der Waals surface area contributed by atoms with E-state index in [9.17, 15) is 0 Å². The maximum atomic E-state index is 6.50. The van der Waals surface area contributed by atoms with Crippen molar-refractivity contribution in [3.63, 3.8) is 0 Å². The number of ether oxygens (including phenoxy) is 2. The lowest BCUT2D eigenvalue weighted by Gasteiger charge is -2.33. The molecule has 47 heavy (non-hydrogen) atoms. The molecule has 2 aliphatic rings. The van der Waals surface area contributed by atoms with Gasteiger partial charge in [-0.05, 0) is 106 Å². The van der Waals surface area contributed by atoms with Gasteiger partial charge in [0.2, 0.25) is 0 Å². The highest BCUT2D eigenvalue weighted by atomic mass is 16.5. The molecule has 0 fully saturated rings. The zero-order chi connectivity index (χ0) is 30.6. The van der Waals surface area contributed by atoms with Gasteiger partial charge >= 0.3 is 0 Å². The van der Waals surface area contributed by atoms with Crippen LogP contribution in [0.5, 0.6) is 23.0 Å². The fraction of sp³-hybridized carbons (Fsp3) is 0. The standard InChI is InChI=1S/C44H25BO2/c1-4-13-31-28(10-1)29-11-2-5-14-32(29)43-34-22-20-26(24-35(34)30-12-3-6-15-33(30)42(31)43)27-21-23-39-37(25-27)45-36-16-7-8-17-38(36)46-40-18-9-19-41(47-39)44(40)45/h1-25H. The topological polar surface area (TPSA) is 18.5 Å². The van der Waals surface area contributed by atoms with E-state index in [1.165, 1.54) is 75.9 Å². The first-order valence-corrected chi connectivity index (χ1v) is 16.2. The third kappa shape index (κ3) is 3.41. The zero-order valence-electron chi connectivity index (χ0n) is 25.3. The minimum Gasteiger partial charge on any atom is -0.458 e. The molecule has 216 valence electrons. The fourth-order valence-electron chi connectivity index (χ4n) is 8.36. The first-order chi connectivity index (χ1) is 23.3. The molecule has 0 radical (unpaired) electrons. The van der Waals surface area contributed by atoms with Gasteiger partial charge in [-0.2, -0.15) is 0 Å². The van der Waals surface area contributed by atoms with E-state index in [4.69, 9.17) is 9.47 Å². The zero-order valence-corrected chi connectivity index (χ0v) is 25.3. The summed E-state index contributed by atoms with van der Waals surface area (Å²) < 4.78 is 12.9. The minimum absolute atomic E-state index is 0.0414. The van der Waals surface area contributed by atoms with Crippen molar-refractivity contribution in [3.05, 3.63) is 152 Å². The predicted molar refractivity (Wildman–Crippen MR) is 197 cm³/mol. The molecule has 0 aromatic heterocycles. The van der Waals surface area contributed by atoms with Crippen molar-refractivity contribution in [1.82, 2.24) is 0 Å². The maximum Gasteiger partial charge on any atom is 0.260 e. The fourth-order valence-corrected chi connectivity index (χ4v) is 8.36. The van der Waals surface area contributed by atoms with Gasteiger partial charge in [0.1, 0.15) is 23.0 Å². The Morgan fingerprint density at radius 1 is 0.319 bits per heavy atom. The van der Waals surface area contributed by atoms with Crippen molar-refractivity contribution in [2.45, 2.75) is 0 Å². The van der Waals surface area contributed by atoms with E-state index in [-0.39, 0.29) is 6.71 Å². The summed E-state index contributed by atoms with van der Waals surface area (Å²) >= 11 is 0. The van der Waals surface area contributed by atoms with Crippen molar-refractivity contribution < 1.29 is 9.47 Å². The second-order valence-electron chi connectivity index (χ2n) is 12.7. The molecule has 0 saturated heterocycles. The van der Waals surface area contributed by atoms with E-state index in [0.717, 1.165) is 28.5 Å². The third-order valence-electron chi connectivity index (χ3n) is 10.3. The molecule has 2 nitrogen and oxygen atoms in total. The molecular weight excluding hydrogens is 571 g/mol. The predicted octanol–water partition coefficient (Wildman–Crippen LogP) is 9.85. The van der Waals surface area contributed by atoms with Crippen LogP contribution in [0, 0.1) is 0 Å². The first-order valence-electron chi connectivity index (χ1n) is 16.2. The Bertz CT molecular complexity index is 2800. The molecule has 2 heterocycles. The molecular formula is C44H25BO2. The van der Waals surface area contributed by atoms with Crippen LogP contribution in [0.2, 0.25) is 0 Å². The number of para-hydroxylation sites is 1. The van der Waals surface area contributed by atoms with E-state index >= 15 is 0 Å². The van der Waals surface area contributed by atoms with E-state index in [0.29, 0.717) is 0 Å². The van der Waals surface area contributed by atoms with Crippen LogP contribution in [0.25, 0.3) is 65.0 Å². The summed E-state index contributed by atoms with van der Waals surface area (Å²) in [5, 5.41) is 12.9. The molecule has 11 rings (SSSR count). The van der Waals surface area contributed by atoms with Gasteiger partial charge < -0.3 is 9.47 Å². The van der Waals surface area contributed by atoms with Crippen LogP contribution in [0.15, 0.2) is 152 Å². The Morgan fingerprint density at radius 3 is 1.45 bits per heavy atom. The molecule has 9 aromatic carbocycles. The molecule has 0 N–H and O–H groups in total. The summed E-state index contributed by atoms with van der Waals surface area (Å²) in [4.78, 5) is 0. The quantitative estimate of drug-likeness (QED) is 0.139. The Balaban J connectivity index is 1.18. The molecule has 9 aromatic rings. The highest BCUT2D eigenvalue weighted by Gasteiger charge is 2.39. The Hall–Kier alpha value is -6.06. The van der Waals surface area contributed by atoms with Crippen molar-refractivity contribution in [2.24, 2.45) is 0 Å². The largest absolute Gasteiger partial charge is 0.458 e. The average Bonchev–Trinajstić information content (AvgIpc) is 3.14. The van der Waals surface area contributed by atoms with Crippen molar-refractivity contribution in [1.29, 1.82) is 0 Å². The van der Waals surface area contributed by atoms with Crippen LogP contribution < -0.4 is 25.9 Å². The number of rotatable bonds is 1. The lowest BCUT2D eigenvalue weighted by Crippen LogP contribution is -2.57. The molecule has 0 spiro atoms. The van der Waals surface area contributed by atoms with Gasteiger partial charge in [0, 0.05) is 5.46 Å². The van der Waals surface area contributed by atoms with Crippen molar-refractivity contribution >= 4 is 77.0 Å². The average molecular weight is 596 g/mol. The van der Waals surface area contributed by atoms with Crippen molar-refractivity contribution in [3.8, 4) is 34.1 Å². The van der Waals surface area contributed by atoms with Crippen LogP contribution in [-0.2, 0) is 0 Å². The molecule has 0 bridgehead atoms. The SMILES string of the molecule is c1ccc2c(c1)Oc1cccc3c1B2c1cc(-c2ccc4c(c2)c2ccccc2c2c5ccccc5c5ccccc5c42)ccc1O3. The molecule has 0 atom stereocenters. The first kappa shape index (κ1) is 25.2. The second-order valence-corrected chi connectivity index (χ2v) is 12.7. The van der Waals surface area contributed by atoms with Crippen molar-refractivity contribution in [2.75, 3.05) is 0 Å². The summed E-state index contributed by atoms with van der Waals surface area (Å²) in [5.74, 6) is 3.54. The Labute approximate surface area is 271 Å². The molecule has 3 heteroatoms. The van der Waals surface area contributed by atoms with Gasteiger partial charge in [-0.15, -0.1) is 0 Å². The van der Waals surface area contributed by atoms with E-state index in [2.05, 4.69) is 127 Å². The van der Waals surface area contributed by atoms with Crippen LogP contribution in [0.3, 0.4) is 0 Å². The van der Waals surface area contributed by atoms with E-state index in [1.54, 1.807) is 0 Å². The molecule has 2 aliphatic heterocycles. The summed E-state index contributed by atoms with van der Waals surface area (Å²) in [6.07, 6.45) is 0. The van der Waals surface area contributed by atoms with Gasteiger partial charge in [0.05, 0.1) is 0 Å². The van der Waals surface area contributed by atoms with Crippen LogP contribution in [0.4, 0.5) is 0 Å². The van der Waals surface area contributed by atoms with Gasteiger partial charge in [-0.1, -0.05) is 121 Å². The summed E-state index contributed by atoms with van der Waals surface area (Å²) in [7, 11) is 0. The van der Waals surface area contributed by atoms with Crippen LogP contribution >= 0.6 is 0 Å². The summed E-state index contributed by atoms with van der Waals surface area (Å²) in [5.41, 5.74) is 5.80. The van der Waals surface area contributed by atoms with E-state index in [1.807, 2.05) is 24.3 Å². The lowest BCUT2D eigenvalue weighted by molar-refractivity contribution is 0.464. The normalized spacial score (nSPS) is 13.0. The minimum atomic E-state index is 0.0414.